The third-order valence-electron chi connectivity index (χ3n) is 2.92. The summed E-state index contributed by atoms with van der Waals surface area (Å²) in [5.41, 5.74) is 8.27. The van der Waals surface area contributed by atoms with Crippen LogP contribution in [0.25, 0.3) is 16.9 Å². The number of anilines is 1. The number of benzene rings is 1. The molecule has 0 amide bonds. The maximum Gasteiger partial charge on any atom is 0.183 e. The average molecular weight is 252 g/mol. The number of aryl methyl sites for hydroxylation is 1. The van der Waals surface area contributed by atoms with Gasteiger partial charge in [0.25, 0.3) is 0 Å². The number of nitriles is 1. The minimum atomic E-state index is 0.213. The topological polar surface area (TPSA) is 85.5 Å². The molecule has 6 nitrogen and oxygen atoms in total. The van der Waals surface area contributed by atoms with Crippen LogP contribution in [0.5, 0.6) is 0 Å². The van der Waals surface area contributed by atoms with Gasteiger partial charge in [0.05, 0.1) is 29.2 Å². The molecule has 0 aliphatic rings. The summed E-state index contributed by atoms with van der Waals surface area (Å²) in [7, 11) is 1.81. The van der Waals surface area contributed by atoms with E-state index in [4.69, 9.17) is 11.0 Å². The second-order valence-electron chi connectivity index (χ2n) is 4.27. The van der Waals surface area contributed by atoms with Crippen molar-refractivity contribution < 1.29 is 0 Å². The summed E-state index contributed by atoms with van der Waals surface area (Å²) < 4.78 is 3.49. The van der Waals surface area contributed by atoms with E-state index < -0.39 is 0 Å². The smallest absolute Gasteiger partial charge is 0.183 e. The minimum Gasteiger partial charge on any atom is -0.394 e. The number of nitrogens with zero attached hydrogens (tertiary/aromatic N) is 5. The summed E-state index contributed by atoms with van der Waals surface area (Å²) in [6.07, 6.45) is 1.95. The van der Waals surface area contributed by atoms with Crippen LogP contribution in [0.3, 0.4) is 0 Å². The second-order valence-corrected chi connectivity index (χ2v) is 4.27. The van der Waals surface area contributed by atoms with E-state index >= 15 is 0 Å². The first-order valence-corrected chi connectivity index (χ1v) is 5.83. The van der Waals surface area contributed by atoms with E-state index in [-0.39, 0.29) is 6.42 Å². The molecule has 0 atom stereocenters. The minimum absolute atomic E-state index is 0.213. The van der Waals surface area contributed by atoms with Crippen LogP contribution in [-0.4, -0.2) is 19.3 Å². The third kappa shape index (κ3) is 1.72. The summed E-state index contributed by atoms with van der Waals surface area (Å²) in [6, 6.07) is 9.81. The highest BCUT2D eigenvalue weighted by Gasteiger charge is 2.16. The lowest BCUT2D eigenvalue weighted by atomic mass is 10.3. The fourth-order valence-corrected chi connectivity index (χ4v) is 2.17. The van der Waals surface area contributed by atoms with Gasteiger partial charge >= 0.3 is 0 Å². The Kier molecular flexibility index (Phi) is 2.46. The molecule has 0 saturated carbocycles. The normalized spacial score (nSPS) is 10.7. The van der Waals surface area contributed by atoms with Crippen LogP contribution in [0, 0.1) is 11.3 Å². The Morgan fingerprint density at radius 2 is 2.16 bits per heavy atom. The Morgan fingerprint density at radius 1 is 1.37 bits per heavy atom. The molecule has 6 heteroatoms. The van der Waals surface area contributed by atoms with Gasteiger partial charge in [0, 0.05) is 13.2 Å². The van der Waals surface area contributed by atoms with Crippen molar-refractivity contribution in [3.05, 3.63) is 36.3 Å². The zero-order valence-electron chi connectivity index (χ0n) is 10.4. The lowest BCUT2D eigenvalue weighted by Crippen LogP contribution is -2.04. The third-order valence-corrected chi connectivity index (χ3v) is 2.92. The molecule has 0 bridgehead atoms. The number of nitrogens with two attached hydrogens (primary N) is 1. The first kappa shape index (κ1) is 11.3. The molecule has 0 saturated heterocycles. The molecular weight excluding hydrogens is 240 g/mol. The van der Waals surface area contributed by atoms with Gasteiger partial charge in [0.2, 0.25) is 0 Å². The first-order chi connectivity index (χ1) is 9.20. The van der Waals surface area contributed by atoms with E-state index in [1.165, 1.54) is 0 Å². The number of hydrogen-bond acceptors (Lipinski definition) is 4. The van der Waals surface area contributed by atoms with E-state index in [9.17, 15) is 0 Å². The molecule has 3 rings (SSSR count). The number of hydrogen-bond donors (Lipinski definition) is 1. The quantitative estimate of drug-likeness (QED) is 0.747. The highest BCUT2D eigenvalue weighted by Crippen LogP contribution is 2.24. The van der Waals surface area contributed by atoms with Crippen molar-refractivity contribution in [3.63, 3.8) is 0 Å². The highest BCUT2D eigenvalue weighted by atomic mass is 15.3. The van der Waals surface area contributed by atoms with E-state index in [0.717, 1.165) is 11.0 Å². The van der Waals surface area contributed by atoms with Gasteiger partial charge < -0.3 is 5.73 Å². The summed E-state index contributed by atoms with van der Waals surface area (Å²) in [6.45, 7) is 0. The van der Waals surface area contributed by atoms with Crippen LogP contribution in [0.1, 0.15) is 5.82 Å². The van der Waals surface area contributed by atoms with Crippen molar-refractivity contribution in [1.82, 2.24) is 19.3 Å². The van der Waals surface area contributed by atoms with Crippen LogP contribution in [-0.2, 0) is 13.5 Å². The standard InChI is InChI=1S/C13H12N6/c1-18-8-9(15)13(17-18)19-11-5-3-2-4-10(11)16-12(19)6-7-14/h2-5,8H,6,15H2,1H3. The predicted molar refractivity (Wildman–Crippen MR) is 71.6 cm³/mol. The molecule has 2 aromatic heterocycles. The Bertz CT molecular complexity index is 789. The fraction of sp³-hybridized carbons (Fsp3) is 0.154. The predicted octanol–water partition coefficient (Wildman–Crippen LogP) is 1.41. The molecule has 1 aromatic carbocycles. The molecule has 0 spiro atoms. The Hall–Kier alpha value is -2.81. The zero-order chi connectivity index (χ0) is 13.4. The molecule has 0 unspecified atom stereocenters. The summed E-state index contributed by atoms with van der Waals surface area (Å²) in [5.74, 6) is 1.26. The van der Waals surface area contributed by atoms with Crippen molar-refractivity contribution in [1.29, 1.82) is 5.26 Å². The van der Waals surface area contributed by atoms with Gasteiger partial charge in [-0.15, -0.1) is 0 Å². The Balaban J connectivity index is 2.35. The number of rotatable bonds is 2. The van der Waals surface area contributed by atoms with Crippen molar-refractivity contribution in [3.8, 4) is 11.9 Å². The molecule has 94 valence electrons. The molecule has 2 N–H and O–H groups in total. The van der Waals surface area contributed by atoms with Crippen LogP contribution in [0.4, 0.5) is 5.69 Å². The van der Waals surface area contributed by atoms with Crippen molar-refractivity contribution in [2.24, 2.45) is 7.05 Å². The van der Waals surface area contributed by atoms with E-state index in [1.54, 1.807) is 10.9 Å². The number of nitrogen functional groups attached to an aromatic ring is 1. The number of imidazole rings is 1. The van der Waals surface area contributed by atoms with Gasteiger partial charge in [-0.25, -0.2) is 4.98 Å². The van der Waals surface area contributed by atoms with Crippen LogP contribution < -0.4 is 5.73 Å². The van der Waals surface area contributed by atoms with Crippen molar-refractivity contribution in [2.75, 3.05) is 5.73 Å². The number of fused-ring (bicyclic) bond motifs is 1. The molecule has 0 aliphatic heterocycles. The van der Waals surface area contributed by atoms with E-state index in [1.807, 2.05) is 35.9 Å². The molecule has 3 aromatic rings. The monoisotopic (exact) mass is 252 g/mol. The van der Waals surface area contributed by atoms with E-state index in [2.05, 4.69) is 16.2 Å². The summed E-state index contributed by atoms with van der Waals surface area (Å²) >= 11 is 0. The molecule has 19 heavy (non-hydrogen) atoms. The first-order valence-electron chi connectivity index (χ1n) is 5.83. The van der Waals surface area contributed by atoms with E-state index in [0.29, 0.717) is 17.3 Å². The second kappa shape index (κ2) is 4.14. The van der Waals surface area contributed by atoms with Crippen LogP contribution >= 0.6 is 0 Å². The van der Waals surface area contributed by atoms with Gasteiger partial charge in [0.15, 0.2) is 5.82 Å². The average Bonchev–Trinajstić information content (AvgIpc) is 2.89. The maximum absolute atomic E-state index is 8.93. The van der Waals surface area contributed by atoms with Crippen LogP contribution in [0.15, 0.2) is 30.5 Å². The lowest BCUT2D eigenvalue weighted by Gasteiger charge is -2.04. The van der Waals surface area contributed by atoms with Gasteiger partial charge in [0.1, 0.15) is 5.82 Å². The SMILES string of the molecule is Cn1cc(N)c(-n2c(CC#N)nc3ccccc32)n1. The fourth-order valence-electron chi connectivity index (χ4n) is 2.17. The Morgan fingerprint density at radius 3 is 2.84 bits per heavy atom. The lowest BCUT2D eigenvalue weighted by molar-refractivity contribution is 0.748. The zero-order valence-corrected chi connectivity index (χ0v) is 10.4. The Labute approximate surface area is 109 Å². The molecule has 0 aliphatic carbocycles. The molecule has 2 heterocycles. The van der Waals surface area contributed by atoms with Crippen molar-refractivity contribution in [2.45, 2.75) is 6.42 Å². The number of para-hydroxylation sites is 2. The summed E-state index contributed by atoms with van der Waals surface area (Å²) in [5, 5.41) is 13.3. The highest BCUT2D eigenvalue weighted by molar-refractivity contribution is 5.79. The van der Waals surface area contributed by atoms with Gasteiger partial charge in [-0.1, -0.05) is 12.1 Å². The summed E-state index contributed by atoms with van der Waals surface area (Å²) in [4.78, 5) is 4.46. The molecule has 0 fully saturated rings. The van der Waals surface area contributed by atoms with Crippen molar-refractivity contribution >= 4 is 16.7 Å². The van der Waals surface area contributed by atoms with Gasteiger partial charge in [-0.05, 0) is 12.1 Å². The molecule has 0 radical (unpaired) electrons. The largest absolute Gasteiger partial charge is 0.394 e. The molecular formula is C13H12N6. The van der Waals surface area contributed by atoms with Gasteiger partial charge in [-0.2, -0.15) is 10.4 Å². The van der Waals surface area contributed by atoms with Gasteiger partial charge in [-0.3, -0.25) is 9.25 Å². The van der Waals surface area contributed by atoms with Crippen LogP contribution in [0.2, 0.25) is 0 Å². The number of aromatic nitrogens is 4. The maximum atomic E-state index is 8.93.